The van der Waals surface area contributed by atoms with E-state index >= 15 is 0 Å². The molecule has 2 aliphatic rings. The van der Waals surface area contributed by atoms with Crippen molar-refractivity contribution >= 4 is 15.9 Å². The number of nitrogens with zero attached hydrogens (tertiary/aromatic N) is 2. The van der Waals surface area contributed by atoms with Gasteiger partial charge in [0, 0.05) is 30.7 Å². The lowest BCUT2D eigenvalue weighted by atomic mass is 10.1. The van der Waals surface area contributed by atoms with Gasteiger partial charge in [-0.1, -0.05) is 18.6 Å². The number of amides is 1. The van der Waals surface area contributed by atoms with E-state index in [9.17, 15) is 17.6 Å². The summed E-state index contributed by atoms with van der Waals surface area (Å²) in [4.78, 5) is 15.2. The monoisotopic (exact) mass is 460 g/mol. The number of halogens is 1. The number of rotatable bonds is 7. The summed E-state index contributed by atoms with van der Waals surface area (Å²) in [6, 6.07) is 10.7. The van der Waals surface area contributed by atoms with Crippen molar-refractivity contribution in [3.63, 3.8) is 0 Å². The van der Waals surface area contributed by atoms with Crippen LogP contribution in [0, 0.1) is 5.82 Å². The predicted molar refractivity (Wildman–Crippen MR) is 119 cm³/mol. The number of piperidine rings is 1. The third-order valence-electron chi connectivity index (χ3n) is 6.25. The third kappa shape index (κ3) is 4.66. The Balaban J connectivity index is 1.66. The summed E-state index contributed by atoms with van der Waals surface area (Å²) >= 11 is 0. The van der Waals surface area contributed by atoms with Crippen molar-refractivity contribution in [2.24, 2.45) is 0 Å². The topological polar surface area (TPSA) is 66.9 Å². The van der Waals surface area contributed by atoms with E-state index in [1.807, 2.05) is 6.92 Å². The van der Waals surface area contributed by atoms with Gasteiger partial charge in [-0.3, -0.25) is 4.79 Å². The number of carbonyl (C=O) groups is 1. The van der Waals surface area contributed by atoms with Gasteiger partial charge in [0.15, 0.2) is 0 Å². The van der Waals surface area contributed by atoms with Crippen molar-refractivity contribution in [1.82, 2.24) is 9.21 Å². The van der Waals surface area contributed by atoms with Gasteiger partial charge in [-0.25, -0.2) is 12.8 Å². The van der Waals surface area contributed by atoms with Crippen molar-refractivity contribution in [3.8, 4) is 5.75 Å². The first-order chi connectivity index (χ1) is 15.3. The Hall–Kier alpha value is -2.45. The highest BCUT2D eigenvalue weighted by atomic mass is 32.2. The predicted octanol–water partition coefficient (Wildman–Crippen LogP) is 4.20. The third-order valence-corrected chi connectivity index (χ3v) is 8.29. The smallest absolute Gasteiger partial charge is 0.254 e. The molecule has 1 aliphatic heterocycles. The maximum absolute atomic E-state index is 13.5. The van der Waals surface area contributed by atoms with Crippen LogP contribution in [0.5, 0.6) is 5.75 Å². The quantitative estimate of drug-likeness (QED) is 0.621. The molecule has 6 nitrogen and oxygen atoms in total. The molecule has 32 heavy (non-hydrogen) atoms. The Bertz CT molecular complexity index is 1080. The lowest BCUT2D eigenvalue weighted by Crippen LogP contribution is -2.42. The molecule has 0 N–H and O–H groups in total. The minimum absolute atomic E-state index is 0.0251. The highest BCUT2D eigenvalue weighted by molar-refractivity contribution is 7.89. The minimum Gasteiger partial charge on any atom is -0.495 e. The maximum Gasteiger partial charge on any atom is 0.254 e. The number of ether oxygens (including phenoxy) is 1. The number of carbonyl (C=O) groups excluding carboxylic acids is 1. The second kappa shape index (κ2) is 9.19. The Labute approximate surface area is 189 Å². The van der Waals surface area contributed by atoms with E-state index < -0.39 is 10.0 Å². The van der Waals surface area contributed by atoms with Crippen LogP contribution in [0.4, 0.5) is 4.39 Å². The van der Waals surface area contributed by atoms with Crippen LogP contribution in [0.1, 0.15) is 54.9 Å². The Morgan fingerprint density at radius 2 is 1.84 bits per heavy atom. The summed E-state index contributed by atoms with van der Waals surface area (Å²) in [5, 5.41) is 0. The van der Waals surface area contributed by atoms with E-state index in [1.165, 1.54) is 29.6 Å². The molecule has 0 radical (unpaired) electrons. The second-order valence-electron chi connectivity index (χ2n) is 8.62. The summed E-state index contributed by atoms with van der Waals surface area (Å²) in [6.45, 7) is 2.72. The molecule has 1 unspecified atom stereocenters. The van der Waals surface area contributed by atoms with Gasteiger partial charge in [0.1, 0.15) is 16.5 Å². The summed E-state index contributed by atoms with van der Waals surface area (Å²) < 4.78 is 47.1. The van der Waals surface area contributed by atoms with Crippen molar-refractivity contribution < 1.29 is 22.3 Å². The standard InChI is InChI=1S/C24H29FN2O4S/c1-17-5-3-4-14-27(17)32(29,30)23-15-19(8-13-22(23)31-2)24(28)26(21-11-12-21)16-18-6-9-20(25)10-7-18/h6-10,13,15,17,21H,3-5,11-12,14,16H2,1-2H3. The maximum atomic E-state index is 13.5. The highest BCUT2D eigenvalue weighted by Gasteiger charge is 2.36. The summed E-state index contributed by atoms with van der Waals surface area (Å²) in [5.74, 6) is -0.326. The van der Waals surface area contributed by atoms with Crippen molar-refractivity contribution in [2.75, 3.05) is 13.7 Å². The van der Waals surface area contributed by atoms with Crippen LogP contribution in [0.3, 0.4) is 0 Å². The van der Waals surface area contributed by atoms with Crippen LogP contribution in [0.25, 0.3) is 0 Å². The number of hydrogen-bond donors (Lipinski definition) is 0. The van der Waals surface area contributed by atoms with Crippen LogP contribution in [-0.4, -0.2) is 49.3 Å². The molecule has 2 aromatic carbocycles. The molecule has 1 saturated carbocycles. The molecule has 4 rings (SSSR count). The fourth-order valence-electron chi connectivity index (χ4n) is 4.27. The van der Waals surface area contributed by atoms with E-state index in [1.54, 1.807) is 29.2 Å². The fraction of sp³-hybridized carbons (Fsp3) is 0.458. The van der Waals surface area contributed by atoms with Crippen molar-refractivity contribution in [1.29, 1.82) is 0 Å². The average molecular weight is 461 g/mol. The zero-order valence-corrected chi connectivity index (χ0v) is 19.3. The lowest BCUT2D eigenvalue weighted by Gasteiger charge is -2.32. The highest BCUT2D eigenvalue weighted by Crippen LogP contribution is 2.34. The Morgan fingerprint density at radius 3 is 2.47 bits per heavy atom. The molecule has 2 aromatic rings. The molecule has 1 saturated heterocycles. The summed E-state index contributed by atoms with van der Waals surface area (Å²) in [5.41, 5.74) is 1.14. The van der Waals surface area contributed by atoms with Crippen LogP contribution in [0.15, 0.2) is 47.4 Å². The minimum atomic E-state index is -3.81. The summed E-state index contributed by atoms with van der Waals surface area (Å²) in [7, 11) is -2.38. The van der Waals surface area contributed by atoms with Gasteiger partial charge in [-0.2, -0.15) is 4.31 Å². The fourth-order valence-corrected chi connectivity index (χ4v) is 6.15. The van der Waals surface area contributed by atoms with E-state index in [-0.39, 0.29) is 34.5 Å². The number of sulfonamides is 1. The van der Waals surface area contributed by atoms with Gasteiger partial charge in [0.25, 0.3) is 5.91 Å². The number of hydrogen-bond acceptors (Lipinski definition) is 4. The van der Waals surface area contributed by atoms with Crippen LogP contribution < -0.4 is 4.74 Å². The van der Waals surface area contributed by atoms with Gasteiger partial charge in [-0.05, 0) is 68.5 Å². The van der Waals surface area contributed by atoms with Crippen LogP contribution in [0.2, 0.25) is 0 Å². The Kier molecular flexibility index (Phi) is 6.53. The lowest BCUT2D eigenvalue weighted by molar-refractivity contribution is 0.0729. The van der Waals surface area contributed by atoms with Gasteiger partial charge < -0.3 is 9.64 Å². The molecule has 1 amide bonds. The molecule has 1 aliphatic carbocycles. The zero-order valence-electron chi connectivity index (χ0n) is 18.5. The SMILES string of the molecule is COc1ccc(C(=O)N(Cc2ccc(F)cc2)C2CC2)cc1S(=O)(=O)N1CCCCC1C. The second-order valence-corrected chi connectivity index (χ2v) is 10.5. The molecule has 2 fully saturated rings. The molecule has 0 spiro atoms. The molecule has 8 heteroatoms. The first kappa shape index (κ1) is 22.7. The molecule has 1 heterocycles. The summed E-state index contributed by atoms with van der Waals surface area (Å²) in [6.07, 6.45) is 4.44. The van der Waals surface area contributed by atoms with Gasteiger partial charge in [0.05, 0.1) is 7.11 Å². The van der Waals surface area contributed by atoms with Crippen molar-refractivity contribution in [3.05, 3.63) is 59.4 Å². The molecule has 0 aromatic heterocycles. The molecular weight excluding hydrogens is 431 g/mol. The van der Waals surface area contributed by atoms with E-state index in [0.717, 1.165) is 37.7 Å². The number of methoxy groups -OCH3 is 1. The molecule has 1 atom stereocenters. The van der Waals surface area contributed by atoms with E-state index in [2.05, 4.69) is 0 Å². The van der Waals surface area contributed by atoms with Gasteiger partial charge >= 0.3 is 0 Å². The van der Waals surface area contributed by atoms with Crippen LogP contribution >= 0.6 is 0 Å². The van der Waals surface area contributed by atoms with Crippen LogP contribution in [-0.2, 0) is 16.6 Å². The molecule has 0 bridgehead atoms. The Morgan fingerprint density at radius 1 is 1.12 bits per heavy atom. The van der Waals surface area contributed by atoms with E-state index in [4.69, 9.17) is 4.74 Å². The number of benzene rings is 2. The van der Waals surface area contributed by atoms with Gasteiger partial charge in [-0.15, -0.1) is 0 Å². The van der Waals surface area contributed by atoms with E-state index in [0.29, 0.717) is 18.7 Å². The largest absolute Gasteiger partial charge is 0.495 e. The zero-order chi connectivity index (χ0) is 22.9. The molecule has 172 valence electrons. The van der Waals surface area contributed by atoms with Crippen molar-refractivity contribution in [2.45, 2.75) is 62.6 Å². The average Bonchev–Trinajstić information content (AvgIpc) is 3.63. The first-order valence-corrected chi connectivity index (χ1v) is 12.5. The normalized spacial score (nSPS) is 19.5. The first-order valence-electron chi connectivity index (χ1n) is 11.1. The van der Waals surface area contributed by atoms with Gasteiger partial charge in [0.2, 0.25) is 10.0 Å². The molecular formula is C24H29FN2O4S.